The highest BCUT2D eigenvalue weighted by molar-refractivity contribution is 6.04. The maximum atomic E-state index is 12.5. The number of rotatable bonds is 4. The first kappa shape index (κ1) is 15.5. The molecule has 1 aliphatic carbocycles. The van der Waals surface area contributed by atoms with Gasteiger partial charge in [0, 0.05) is 18.3 Å². The number of benzene rings is 1. The number of amides is 1. The van der Waals surface area contributed by atoms with Crippen molar-refractivity contribution in [3.63, 3.8) is 0 Å². The summed E-state index contributed by atoms with van der Waals surface area (Å²) < 4.78 is 0. The van der Waals surface area contributed by atoms with Crippen LogP contribution in [0.25, 0.3) is 0 Å². The third-order valence-electron chi connectivity index (χ3n) is 5.55. The van der Waals surface area contributed by atoms with Crippen molar-refractivity contribution in [3.05, 3.63) is 29.3 Å². The molecule has 2 unspecified atom stereocenters. The quantitative estimate of drug-likeness (QED) is 0.909. The number of hydrogen-bond acceptors (Lipinski definition) is 2. The van der Waals surface area contributed by atoms with Gasteiger partial charge >= 0.3 is 0 Å². The van der Waals surface area contributed by atoms with Crippen LogP contribution in [-0.2, 0) is 4.79 Å². The van der Waals surface area contributed by atoms with E-state index in [-0.39, 0.29) is 17.9 Å². The Hall–Kier alpha value is -1.35. The molecule has 1 heterocycles. The van der Waals surface area contributed by atoms with Gasteiger partial charge < -0.3 is 10.6 Å². The summed E-state index contributed by atoms with van der Waals surface area (Å²) in [5.41, 5.74) is 10.1. The molecule has 1 saturated carbocycles. The lowest BCUT2D eigenvalue weighted by Crippen LogP contribution is -2.28. The highest BCUT2D eigenvalue weighted by atomic mass is 16.2. The second-order valence-electron chi connectivity index (χ2n) is 6.79. The molecule has 120 valence electrons. The van der Waals surface area contributed by atoms with Gasteiger partial charge in [-0.1, -0.05) is 38.3 Å². The van der Waals surface area contributed by atoms with Gasteiger partial charge in [0.05, 0.1) is 5.92 Å². The molecule has 1 amide bonds. The van der Waals surface area contributed by atoms with E-state index in [0.717, 1.165) is 18.7 Å². The van der Waals surface area contributed by atoms with Gasteiger partial charge in [0.25, 0.3) is 0 Å². The van der Waals surface area contributed by atoms with Crippen LogP contribution in [0.15, 0.2) is 18.2 Å². The summed E-state index contributed by atoms with van der Waals surface area (Å²) in [5.74, 6) is 0.878. The lowest BCUT2D eigenvalue weighted by atomic mass is 9.81. The number of carbonyl (C=O) groups is 1. The normalized spacial score (nSPS) is 23.7. The zero-order valence-electron chi connectivity index (χ0n) is 13.8. The van der Waals surface area contributed by atoms with Crippen molar-refractivity contribution in [1.29, 1.82) is 0 Å². The fourth-order valence-electron chi connectivity index (χ4n) is 4.23. The first-order valence-corrected chi connectivity index (χ1v) is 8.88. The Morgan fingerprint density at radius 3 is 2.59 bits per heavy atom. The number of nitrogens with zero attached hydrogens (tertiary/aromatic N) is 1. The van der Waals surface area contributed by atoms with E-state index in [4.69, 9.17) is 5.73 Å². The maximum absolute atomic E-state index is 12.5. The Labute approximate surface area is 133 Å². The van der Waals surface area contributed by atoms with Crippen molar-refractivity contribution in [1.82, 2.24) is 0 Å². The maximum Gasteiger partial charge on any atom is 0.234 e. The van der Waals surface area contributed by atoms with Crippen LogP contribution in [-0.4, -0.2) is 12.5 Å². The van der Waals surface area contributed by atoms with E-state index in [0.29, 0.717) is 5.92 Å². The zero-order chi connectivity index (χ0) is 15.7. The summed E-state index contributed by atoms with van der Waals surface area (Å²) in [7, 11) is 0. The Bertz CT molecular complexity index is 548. The number of fused-ring (bicyclic) bond motifs is 1. The van der Waals surface area contributed by atoms with E-state index < -0.39 is 0 Å². The van der Waals surface area contributed by atoms with Crippen molar-refractivity contribution < 1.29 is 4.79 Å². The van der Waals surface area contributed by atoms with Gasteiger partial charge in [-0.15, -0.1) is 0 Å². The van der Waals surface area contributed by atoms with Crippen LogP contribution < -0.4 is 10.6 Å². The van der Waals surface area contributed by atoms with Gasteiger partial charge in [0.1, 0.15) is 0 Å². The van der Waals surface area contributed by atoms with Crippen molar-refractivity contribution in [3.8, 4) is 0 Å². The number of carbonyl (C=O) groups excluding carboxylic acids is 1. The molecule has 2 N–H and O–H groups in total. The van der Waals surface area contributed by atoms with E-state index in [1.807, 2.05) is 11.8 Å². The Morgan fingerprint density at radius 2 is 1.95 bits per heavy atom. The summed E-state index contributed by atoms with van der Waals surface area (Å²) in [5, 5.41) is 0. The molecule has 2 aliphatic rings. The molecule has 3 heteroatoms. The predicted octanol–water partition coefficient (Wildman–Crippen LogP) is 4.13. The minimum atomic E-state index is 0.0217. The zero-order valence-corrected chi connectivity index (χ0v) is 13.8. The van der Waals surface area contributed by atoms with Crippen molar-refractivity contribution in [2.45, 2.75) is 64.3 Å². The second kappa shape index (κ2) is 6.41. The molecule has 0 aromatic heterocycles. The summed E-state index contributed by atoms with van der Waals surface area (Å²) >= 11 is 0. The average molecular weight is 300 g/mol. The Kier molecular flexibility index (Phi) is 4.53. The third-order valence-corrected chi connectivity index (χ3v) is 5.55. The molecule has 1 fully saturated rings. The molecule has 1 aromatic carbocycles. The van der Waals surface area contributed by atoms with Crippen LogP contribution in [0, 0.1) is 5.92 Å². The average Bonchev–Trinajstić information content (AvgIpc) is 2.84. The van der Waals surface area contributed by atoms with Gasteiger partial charge in [-0.25, -0.2) is 0 Å². The van der Waals surface area contributed by atoms with Crippen molar-refractivity contribution >= 4 is 11.6 Å². The molecule has 1 aliphatic heterocycles. The largest absolute Gasteiger partial charge is 0.324 e. The van der Waals surface area contributed by atoms with E-state index in [9.17, 15) is 4.79 Å². The van der Waals surface area contributed by atoms with Crippen LogP contribution in [0.1, 0.15) is 75.5 Å². The highest BCUT2D eigenvalue weighted by Gasteiger charge is 2.35. The van der Waals surface area contributed by atoms with Gasteiger partial charge in [-0.2, -0.15) is 0 Å². The second-order valence-corrected chi connectivity index (χ2v) is 6.79. The molecular weight excluding hydrogens is 272 g/mol. The van der Waals surface area contributed by atoms with Gasteiger partial charge in [-0.3, -0.25) is 4.79 Å². The smallest absolute Gasteiger partial charge is 0.234 e. The molecule has 0 bridgehead atoms. The van der Waals surface area contributed by atoms with Gasteiger partial charge in [0.15, 0.2) is 0 Å². The Morgan fingerprint density at radius 1 is 1.23 bits per heavy atom. The third kappa shape index (κ3) is 2.56. The topological polar surface area (TPSA) is 46.3 Å². The standard InChI is InChI=1S/C19H28N2O/c1-3-15-16-12-14(18(20)13-8-6-5-7-9-13)10-11-17(16)21(4-2)19(15)22/h10-13,15,18H,3-9,20H2,1-2H3. The molecule has 3 rings (SSSR count). The van der Waals surface area contributed by atoms with E-state index >= 15 is 0 Å². The van der Waals surface area contributed by atoms with E-state index in [1.165, 1.54) is 43.2 Å². The minimum absolute atomic E-state index is 0.0217. The van der Waals surface area contributed by atoms with Crippen LogP contribution in [0.2, 0.25) is 0 Å². The van der Waals surface area contributed by atoms with Crippen molar-refractivity contribution in [2.75, 3.05) is 11.4 Å². The van der Waals surface area contributed by atoms with Crippen LogP contribution in [0.4, 0.5) is 5.69 Å². The summed E-state index contributed by atoms with van der Waals surface area (Å²) in [6, 6.07) is 6.60. The SMILES string of the molecule is CCC1C(=O)N(CC)c2ccc(C(N)C3CCCCC3)cc21. The lowest BCUT2D eigenvalue weighted by molar-refractivity contribution is -0.119. The van der Waals surface area contributed by atoms with Crippen LogP contribution in [0.5, 0.6) is 0 Å². The van der Waals surface area contributed by atoms with E-state index in [2.05, 4.69) is 25.1 Å². The van der Waals surface area contributed by atoms with Gasteiger partial charge in [-0.05, 0) is 49.3 Å². The van der Waals surface area contributed by atoms with E-state index in [1.54, 1.807) is 0 Å². The van der Waals surface area contributed by atoms with Crippen LogP contribution >= 0.6 is 0 Å². The summed E-state index contributed by atoms with van der Waals surface area (Å²) in [6.45, 7) is 4.89. The molecule has 22 heavy (non-hydrogen) atoms. The number of likely N-dealkylation sites (N-methyl/N-ethyl adjacent to an activating group) is 1. The fraction of sp³-hybridized carbons (Fsp3) is 0.632. The first-order chi connectivity index (χ1) is 10.7. The summed E-state index contributed by atoms with van der Waals surface area (Å²) in [4.78, 5) is 14.4. The lowest BCUT2D eigenvalue weighted by Gasteiger charge is -2.28. The molecule has 0 spiro atoms. The fourth-order valence-corrected chi connectivity index (χ4v) is 4.23. The number of anilines is 1. The van der Waals surface area contributed by atoms with Crippen molar-refractivity contribution in [2.24, 2.45) is 11.7 Å². The minimum Gasteiger partial charge on any atom is -0.324 e. The molecule has 1 aromatic rings. The van der Waals surface area contributed by atoms with Crippen LogP contribution in [0.3, 0.4) is 0 Å². The molecule has 0 radical (unpaired) electrons. The monoisotopic (exact) mass is 300 g/mol. The molecular formula is C19H28N2O. The molecule has 0 saturated heterocycles. The highest BCUT2D eigenvalue weighted by Crippen LogP contribution is 2.41. The summed E-state index contributed by atoms with van der Waals surface area (Å²) in [6.07, 6.45) is 7.33. The first-order valence-electron chi connectivity index (χ1n) is 8.88. The number of nitrogens with two attached hydrogens (primary N) is 1. The number of hydrogen-bond donors (Lipinski definition) is 1. The predicted molar refractivity (Wildman–Crippen MR) is 91.0 cm³/mol. The molecule has 2 atom stereocenters. The van der Waals surface area contributed by atoms with Gasteiger partial charge in [0.2, 0.25) is 5.91 Å². The Balaban J connectivity index is 1.90. The molecule has 3 nitrogen and oxygen atoms in total.